The number of fused-ring (bicyclic) bond motifs is 2. The number of nitrogen functional groups attached to an aromatic ring is 1. The Morgan fingerprint density at radius 3 is 2.60 bits per heavy atom. The molecule has 3 aromatic carbocycles. The van der Waals surface area contributed by atoms with Gasteiger partial charge < -0.3 is 25.2 Å². The summed E-state index contributed by atoms with van der Waals surface area (Å²) in [7, 11) is 0. The quantitative estimate of drug-likeness (QED) is 0.235. The fourth-order valence-electron chi connectivity index (χ4n) is 5.62. The summed E-state index contributed by atoms with van der Waals surface area (Å²) in [6.07, 6.45) is 1.79. The number of likely N-dealkylation sites (tertiary alicyclic amines) is 1. The number of aromatic nitrogens is 3. The Morgan fingerprint density at radius 1 is 1.05 bits per heavy atom. The topological polar surface area (TPSA) is 133 Å². The van der Waals surface area contributed by atoms with Crippen LogP contribution in [0.25, 0.3) is 32.8 Å². The summed E-state index contributed by atoms with van der Waals surface area (Å²) in [6, 6.07) is 21.4. The van der Waals surface area contributed by atoms with E-state index in [1.807, 2.05) is 48.9 Å². The van der Waals surface area contributed by atoms with Crippen molar-refractivity contribution in [2.45, 2.75) is 45.4 Å². The van der Waals surface area contributed by atoms with Crippen LogP contribution in [-0.2, 0) is 22.6 Å². The molecule has 1 fully saturated rings. The van der Waals surface area contributed by atoms with E-state index in [1.54, 1.807) is 29.3 Å². The lowest BCUT2D eigenvalue weighted by atomic mass is 10.00. The molecule has 1 aliphatic heterocycles. The van der Waals surface area contributed by atoms with Crippen LogP contribution in [0.15, 0.2) is 72.9 Å². The number of carboxylic acids is 1. The maximum Gasteiger partial charge on any atom is 0.410 e. The Balaban J connectivity index is 1.37. The third-order valence-electron chi connectivity index (χ3n) is 7.70. The Kier molecular flexibility index (Phi) is 7.58. The number of carbonyl (C=O) groups is 2. The van der Waals surface area contributed by atoms with Gasteiger partial charge in [-0.2, -0.15) is 5.10 Å². The molecule has 1 amide bonds. The molecule has 0 unspecified atom stereocenters. The van der Waals surface area contributed by atoms with Crippen molar-refractivity contribution in [2.24, 2.45) is 0 Å². The molecular formula is C33H33N5O5. The van der Waals surface area contributed by atoms with E-state index in [0.717, 1.165) is 39.2 Å². The van der Waals surface area contributed by atoms with E-state index in [2.05, 4.69) is 23.2 Å². The monoisotopic (exact) mass is 579 g/mol. The van der Waals surface area contributed by atoms with Gasteiger partial charge in [0.05, 0.1) is 24.1 Å². The molecule has 5 aromatic rings. The van der Waals surface area contributed by atoms with Crippen LogP contribution in [0.1, 0.15) is 37.6 Å². The maximum absolute atomic E-state index is 12.6. The molecule has 10 heteroatoms. The zero-order valence-electron chi connectivity index (χ0n) is 24.1. The largest absolute Gasteiger partial charge is 0.487 e. The molecule has 0 bridgehead atoms. The van der Waals surface area contributed by atoms with E-state index in [0.29, 0.717) is 35.9 Å². The molecule has 3 heterocycles. The van der Waals surface area contributed by atoms with Gasteiger partial charge in [0, 0.05) is 35.6 Å². The van der Waals surface area contributed by atoms with Crippen molar-refractivity contribution in [3.8, 4) is 16.9 Å². The van der Waals surface area contributed by atoms with Crippen molar-refractivity contribution in [2.75, 3.05) is 18.8 Å². The van der Waals surface area contributed by atoms with Crippen LogP contribution in [0.3, 0.4) is 0 Å². The summed E-state index contributed by atoms with van der Waals surface area (Å²) >= 11 is 0. The zero-order chi connectivity index (χ0) is 30.1. The second-order valence-corrected chi connectivity index (χ2v) is 11.0. The second kappa shape index (κ2) is 11.6. The van der Waals surface area contributed by atoms with Crippen LogP contribution in [0.2, 0.25) is 0 Å². The van der Waals surface area contributed by atoms with Crippen LogP contribution < -0.4 is 10.5 Å². The number of carbonyl (C=O) groups excluding carboxylic acids is 1. The zero-order valence-corrected chi connectivity index (χ0v) is 24.1. The average Bonchev–Trinajstić information content (AvgIpc) is 3.61. The molecule has 0 spiro atoms. The summed E-state index contributed by atoms with van der Waals surface area (Å²) in [5, 5.41) is 17.2. The molecule has 10 nitrogen and oxygen atoms in total. The number of ether oxygens (including phenoxy) is 2. The number of pyridine rings is 1. The van der Waals surface area contributed by atoms with Crippen LogP contribution in [-0.4, -0.2) is 56.0 Å². The predicted octanol–water partition coefficient (Wildman–Crippen LogP) is 5.83. The van der Waals surface area contributed by atoms with Gasteiger partial charge in [-0.1, -0.05) is 36.4 Å². The molecule has 1 atom stereocenters. The minimum absolute atomic E-state index is 0.0346. The Labute approximate surface area is 248 Å². The lowest BCUT2D eigenvalue weighted by Crippen LogP contribution is -2.31. The number of benzene rings is 3. The number of rotatable bonds is 8. The molecule has 2 aromatic heterocycles. The van der Waals surface area contributed by atoms with Crippen LogP contribution >= 0.6 is 0 Å². The van der Waals surface area contributed by atoms with Crippen molar-refractivity contribution in [1.82, 2.24) is 19.7 Å². The van der Waals surface area contributed by atoms with Gasteiger partial charge in [0.2, 0.25) is 0 Å². The SMILES string of the molecule is CC(C)OC(=O)N1CC[C@H](n2nc(COc3ccccc3CC(=O)O)c3cc(-c4ccc5ccnc(N)c5c4)ccc32)C1. The van der Waals surface area contributed by atoms with Gasteiger partial charge in [-0.3, -0.25) is 9.48 Å². The Hall–Kier alpha value is -5.12. The van der Waals surface area contributed by atoms with Gasteiger partial charge in [0.25, 0.3) is 0 Å². The van der Waals surface area contributed by atoms with Gasteiger partial charge in [-0.15, -0.1) is 0 Å². The lowest BCUT2D eigenvalue weighted by Gasteiger charge is -2.18. The number of hydrogen-bond acceptors (Lipinski definition) is 7. The number of aliphatic carboxylic acids is 1. The number of hydrogen-bond donors (Lipinski definition) is 2. The predicted molar refractivity (Wildman–Crippen MR) is 164 cm³/mol. The molecule has 43 heavy (non-hydrogen) atoms. The number of nitrogens with two attached hydrogens (primary N) is 1. The minimum Gasteiger partial charge on any atom is -0.487 e. The summed E-state index contributed by atoms with van der Waals surface area (Å²) < 4.78 is 13.6. The summed E-state index contributed by atoms with van der Waals surface area (Å²) in [5.41, 5.74) is 10.4. The van der Waals surface area contributed by atoms with Crippen LogP contribution in [0.4, 0.5) is 10.6 Å². The molecule has 0 aliphatic carbocycles. The fraction of sp³-hybridized carbons (Fsp3) is 0.273. The summed E-state index contributed by atoms with van der Waals surface area (Å²) in [4.78, 5) is 30.0. The van der Waals surface area contributed by atoms with Crippen molar-refractivity contribution in [3.63, 3.8) is 0 Å². The third kappa shape index (κ3) is 5.81. The highest BCUT2D eigenvalue weighted by Crippen LogP contribution is 2.34. The highest BCUT2D eigenvalue weighted by molar-refractivity contribution is 5.95. The van der Waals surface area contributed by atoms with E-state index in [9.17, 15) is 14.7 Å². The van der Waals surface area contributed by atoms with Crippen molar-refractivity contribution >= 4 is 39.6 Å². The van der Waals surface area contributed by atoms with Gasteiger partial charge in [-0.05, 0) is 67.1 Å². The highest BCUT2D eigenvalue weighted by atomic mass is 16.6. The Morgan fingerprint density at radius 2 is 1.81 bits per heavy atom. The fourth-order valence-corrected chi connectivity index (χ4v) is 5.62. The van der Waals surface area contributed by atoms with Crippen molar-refractivity contribution in [3.05, 3.63) is 84.2 Å². The first-order valence-corrected chi connectivity index (χ1v) is 14.3. The van der Waals surface area contributed by atoms with Gasteiger partial charge in [0.1, 0.15) is 23.9 Å². The molecule has 1 aliphatic rings. The van der Waals surface area contributed by atoms with Crippen LogP contribution in [0, 0.1) is 0 Å². The van der Waals surface area contributed by atoms with E-state index in [-0.39, 0.29) is 31.3 Å². The van der Waals surface area contributed by atoms with E-state index in [4.69, 9.17) is 20.3 Å². The molecule has 1 saturated heterocycles. The van der Waals surface area contributed by atoms with Crippen molar-refractivity contribution in [1.29, 1.82) is 0 Å². The number of anilines is 1. The molecule has 3 N–H and O–H groups in total. The van der Waals surface area contributed by atoms with Gasteiger partial charge >= 0.3 is 12.1 Å². The number of para-hydroxylation sites is 1. The third-order valence-corrected chi connectivity index (χ3v) is 7.70. The number of nitrogens with zero attached hydrogens (tertiary/aromatic N) is 4. The van der Waals surface area contributed by atoms with Gasteiger partial charge in [-0.25, -0.2) is 9.78 Å². The molecule has 0 radical (unpaired) electrons. The van der Waals surface area contributed by atoms with E-state index >= 15 is 0 Å². The molecule has 6 rings (SSSR count). The second-order valence-electron chi connectivity index (χ2n) is 11.0. The first-order chi connectivity index (χ1) is 20.8. The first kappa shape index (κ1) is 28.0. The average molecular weight is 580 g/mol. The van der Waals surface area contributed by atoms with Gasteiger partial charge in [0.15, 0.2) is 0 Å². The van der Waals surface area contributed by atoms with E-state index < -0.39 is 5.97 Å². The van der Waals surface area contributed by atoms with Crippen LogP contribution in [0.5, 0.6) is 5.75 Å². The highest BCUT2D eigenvalue weighted by Gasteiger charge is 2.31. The Bertz CT molecular complexity index is 1830. The molecule has 0 saturated carbocycles. The first-order valence-electron chi connectivity index (χ1n) is 14.3. The maximum atomic E-state index is 12.6. The normalized spacial score (nSPS) is 15.0. The summed E-state index contributed by atoms with van der Waals surface area (Å²) in [6.45, 7) is 4.89. The number of carboxylic acid groups (broad SMARTS) is 1. The standard InChI is InChI=1S/C33H33N5O5/c1-20(2)43-33(41)37-14-12-25(18-37)38-29-10-9-23(22-8-7-21-11-13-35-32(34)26(21)15-22)16-27(29)28(36-38)19-42-30-6-4-3-5-24(30)17-31(39)40/h3-11,13,15-16,20,25H,12,14,17-19H2,1-2H3,(H2,34,35)(H,39,40)/t25-/m0/s1. The smallest absolute Gasteiger partial charge is 0.410 e. The molecular weight excluding hydrogens is 546 g/mol. The minimum atomic E-state index is -0.927. The number of amides is 1. The van der Waals surface area contributed by atoms with Crippen molar-refractivity contribution < 1.29 is 24.2 Å². The lowest BCUT2D eigenvalue weighted by molar-refractivity contribution is -0.136. The molecule has 220 valence electrons. The van der Waals surface area contributed by atoms with E-state index in [1.165, 1.54) is 0 Å². The summed E-state index contributed by atoms with van der Waals surface area (Å²) in [5.74, 6) is 0.0531.